The number of rotatable bonds is 3. The van der Waals surface area contributed by atoms with Crippen molar-refractivity contribution in [3.63, 3.8) is 0 Å². The van der Waals surface area contributed by atoms with Gasteiger partial charge in [-0.3, -0.25) is 4.90 Å². The molecule has 0 radical (unpaired) electrons. The van der Waals surface area contributed by atoms with Gasteiger partial charge in [-0.2, -0.15) is 0 Å². The summed E-state index contributed by atoms with van der Waals surface area (Å²) in [6, 6.07) is 15.3. The van der Waals surface area contributed by atoms with Crippen LogP contribution in [0.1, 0.15) is 24.8 Å². The Labute approximate surface area is 120 Å². The van der Waals surface area contributed by atoms with Crippen molar-refractivity contribution in [3.8, 4) is 11.1 Å². The predicted octanol–water partition coefficient (Wildman–Crippen LogP) is 4.48. The minimum absolute atomic E-state index is 0.178. The Bertz CT molecular complexity index is 556. The SMILES string of the molecule is Fc1ccc(-c2ccccc2CN2CCCCC2)cc1. The van der Waals surface area contributed by atoms with E-state index in [1.54, 1.807) is 0 Å². The van der Waals surface area contributed by atoms with Crippen molar-refractivity contribution in [1.82, 2.24) is 4.90 Å². The van der Waals surface area contributed by atoms with Crippen LogP contribution in [0.5, 0.6) is 0 Å². The number of hydrogen-bond acceptors (Lipinski definition) is 1. The minimum atomic E-state index is -0.178. The van der Waals surface area contributed by atoms with Gasteiger partial charge in [-0.1, -0.05) is 42.8 Å². The van der Waals surface area contributed by atoms with Crippen molar-refractivity contribution in [2.45, 2.75) is 25.8 Å². The van der Waals surface area contributed by atoms with Gasteiger partial charge in [-0.05, 0) is 54.8 Å². The number of piperidine rings is 1. The first-order valence-corrected chi connectivity index (χ1v) is 7.39. The second kappa shape index (κ2) is 6.19. The number of benzene rings is 2. The molecule has 0 N–H and O–H groups in total. The normalized spacial score (nSPS) is 16.2. The van der Waals surface area contributed by atoms with Gasteiger partial charge in [0, 0.05) is 6.54 Å². The first-order valence-electron chi connectivity index (χ1n) is 7.39. The van der Waals surface area contributed by atoms with Crippen LogP contribution in [0.4, 0.5) is 4.39 Å². The van der Waals surface area contributed by atoms with Crippen LogP contribution in [0.2, 0.25) is 0 Å². The van der Waals surface area contributed by atoms with Crippen LogP contribution in [0, 0.1) is 5.82 Å². The molecule has 1 heterocycles. The Balaban J connectivity index is 1.85. The summed E-state index contributed by atoms with van der Waals surface area (Å²) < 4.78 is 13.1. The third-order valence-electron chi connectivity index (χ3n) is 4.02. The van der Waals surface area contributed by atoms with E-state index in [-0.39, 0.29) is 5.82 Å². The van der Waals surface area contributed by atoms with Crippen molar-refractivity contribution in [2.75, 3.05) is 13.1 Å². The summed E-state index contributed by atoms with van der Waals surface area (Å²) in [4.78, 5) is 2.52. The monoisotopic (exact) mass is 269 g/mol. The van der Waals surface area contributed by atoms with Crippen LogP contribution in [0.3, 0.4) is 0 Å². The van der Waals surface area contributed by atoms with E-state index in [1.165, 1.54) is 55.6 Å². The van der Waals surface area contributed by atoms with Gasteiger partial charge in [0.25, 0.3) is 0 Å². The molecule has 2 aromatic carbocycles. The molecule has 1 nitrogen and oxygen atoms in total. The fourth-order valence-corrected chi connectivity index (χ4v) is 2.93. The third-order valence-corrected chi connectivity index (χ3v) is 4.02. The lowest BCUT2D eigenvalue weighted by molar-refractivity contribution is 0.221. The number of hydrogen-bond donors (Lipinski definition) is 0. The second-order valence-corrected chi connectivity index (χ2v) is 5.50. The van der Waals surface area contributed by atoms with Crippen molar-refractivity contribution < 1.29 is 4.39 Å². The summed E-state index contributed by atoms with van der Waals surface area (Å²) in [6.45, 7) is 3.38. The van der Waals surface area contributed by atoms with Gasteiger partial charge in [0.05, 0.1) is 0 Å². The Kier molecular flexibility index (Phi) is 4.12. The van der Waals surface area contributed by atoms with E-state index in [2.05, 4.69) is 29.2 Å². The molecule has 0 bridgehead atoms. The van der Waals surface area contributed by atoms with Crippen molar-refractivity contribution in [1.29, 1.82) is 0 Å². The maximum absolute atomic E-state index is 13.1. The Morgan fingerprint density at radius 2 is 1.55 bits per heavy atom. The standard InChI is InChI=1S/C18H20FN/c19-17-10-8-15(9-11-17)18-7-3-2-6-16(18)14-20-12-4-1-5-13-20/h2-3,6-11H,1,4-5,12-14H2. The van der Waals surface area contributed by atoms with Gasteiger partial charge in [0.2, 0.25) is 0 Å². The van der Waals surface area contributed by atoms with Crippen LogP contribution >= 0.6 is 0 Å². The predicted molar refractivity (Wildman–Crippen MR) is 81.0 cm³/mol. The highest BCUT2D eigenvalue weighted by Crippen LogP contribution is 2.25. The zero-order valence-electron chi connectivity index (χ0n) is 11.7. The molecule has 0 unspecified atom stereocenters. The molecule has 0 aliphatic carbocycles. The highest BCUT2D eigenvalue weighted by atomic mass is 19.1. The van der Waals surface area contributed by atoms with Crippen molar-refractivity contribution >= 4 is 0 Å². The Morgan fingerprint density at radius 3 is 2.30 bits per heavy atom. The summed E-state index contributed by atoms with van der Waals surface area (Å²) in [5.74, 6) is -0.178. The van der Waals surface area contributed by atoms with E-state index >= 15 is 0 Å². The van der Waals surface area contributed by atoms with E-state index in [0.29, 0.717) is 0 Å². The van der Waals surface area contributed by atoms with Crippen LogP contribution in [-0.2, 0) is 6.54 Å². The molecule has 104 valence electrons. The van der Waals surface area contributed by atoms with Gasteiger partial charge >= 0.3 is 0 Å². The molecular formula is C18H20FN. The van der Waals surface area contributed by atoms with Crippen LogP contribution in [-0.4, -0.2) is 18.0 Å². The minimum Gasteiger partial charge on any atom is -0.299 e. The summed E-state index contributed by atoms with van der Waals surface area (Å²) in [5, 5.41) is 0. The molecule has 2 heteroatoms. The molecule has 1 aliphatic heterocycles. The molecule has 2 aromatic rings. The molecule has 0 atom stereocenters. The molecule has 0 spiro atoms. The average Bonchev–Trinajstić information content (AvgIpc) is 2.50. The molecule has 1 fully saturated rings. The molecular weight excluding hydrogens is 249 g/mol. The van der Waals surface area contributed by atoms with E-state index in [0.717, 1.165) is 12.1 Å². The largest absolute Gasteiger partial charge is 0.299 e. The van der Waals surface area contributed by atoms with E-state index in [4.69, 9.17) is 0 Å². The molecule has 0 amide bonds. The van der Waals surface area contributed by atoms with Crippen LogP contribution < -0.4 is 0 Å². The molecule has 0 aromatic heterocycles. The first kappa shape index (κ1) is 13.3. The van der Waals surface area contributed by atoms with Crippen LogP contribution in [0.15, 0.2) is 48.5 Å². The van der Waals surface area contributed by atoms with E-state index in [9.17, 15) is 4.39 Å². The quantitative estimate of drug-likeness (QED) is 0.794. The molecule has 1 saturated heterocycles. The summed E-state index contributed by atoms with van der Waals surface area (Å²) >= 11 is 0. The fourth-order valence-electron chi connectivity index (χ4n) is 2.93. The van der Waals surface area contributed by atoms with Gasteiger partial charge in [-0.25, -0.2) is 4.39 Å². The van der Waals surface area contributed by atoms with E-state index < -0.39 is 0 Å². The number of likely N-dealkylation sites (tertiary alicyclic amines) is 1. The lowest BCUT2D eigenvalue weighted by Gasteiger charge is -2.27. The van der Waals surface area contributed by atoms with E-state index in [1.807, 2.05) is 12.1 Å². The van der Waals surface area contributed by atoms with Crippen LogP contribution in [0.25, 0.3) is 11.1 Å². The molecule has 20 heavy (non-hydrogen) atoms. The van der Waals surface area contributed by atoms with Gasteiger partial charge in [0.15, 0.2) is 0 Å². The summed E-state index contributed by atoms with van der Waals surface area (Å²) in [5.41, 5.74) is 3.65. The zero-order chi connectivity index (χ0) is 13.8. The van der Waals surface area contributed by atoms with Gasteiger partial charge in [0.1, 0.15) is 5.82 Å². The highest BCUT2D eigenvalue weighted by Gasteiger charge is 2.13. The molecule has 0 saturated carbocycles. The second-order valence-electron chi connectivity index (χ2n) is 5.50. The Hall–Kier alpha value is -1.67. The fraction of sp³-hybridized carbons (Fsp3) is 0.333. The number of nitrogens with zero attached hydrogens (tertiary/aromatic N) is 1. The summed E-state index contributed by atoms with van der Waals surface area (Å²) in [7, 11) is 0. The van der Waals surface area contributed by atoms with Crippen molar-refractivity contribution in [2.24, 2.45) is 0 Å². The zero-order valence-corrected chi connectivity index (χ0v) is 11.7. The van der Waals surface area contributed by atoms with Crippen molar-refractivity contribution in [3.05, 3.63) is 59.9 Å². The maximum Gasteiger partial charge on any atom is 0.123 e. The van der Waals surface area contributed by atoms with Gasteiger partial charge < -0.3 is 0 Å². The smallest absolute Gasteiger partial charge is 0.123 e. The molecule has 3 rings (SSSR count). The van der Waals surface area contributed by atoms with Gasteiger partial charge in [-0.15, -0.1) is 0 Å². The average molecular weight is 269 g/mol. The highest BCUT2D eigenvalue weighted by molar-refractivity contribution is 5.67. The Morgan fingerprint density at radius 1 is 0.850 bits per heavy atom. The topological polar surface area (TPSA) is 3.24 Å². The molecule has 1 aliphatic rings. The first-order chi connectivity index (χ1) is 9.83. The maximum atomic E-state index is 13.1. The summed E-state index contributed by atoms with van der Waals surface area (Å²) in [6.07, 6.45) is 3.97. The lowest BCUT2D eigenvalue weighted by Crippen LogP contribution is -2.29. The third kappa shape index (κ3) is 3.07. The number of halogens is 1. The lowest BCUT2D eigenvalue weighted by atomic mass is 9.98.